The van der Waals surface area contributed by atoms with E-state index in [2.05, 4.69) is 10.9 Å². The number of nitrogens with one attached hydrogen (secondary N) is 2. The average molecular weight is 304 g/mol. The lowest BCUT2D eigenvalue weighted by Gasteiger charge is -2.31. The second kappa shape index (κ2) is 7.40. The molecule has 1 aromatic carbocycles. The van der Waals surface area contributed by atoms with Gasteiger partial charge in [0, 0.05) is 0 Å². The van der Waals surface area contributed by atoms with Gasteiger partial charge in [0.25, 0.3) is 0 Å². The van der Waals surface area contributed by atoms with Gasteiger partial charge in [-0.3, -0.25) is 20.4 Å². The van der Waals surface area contributed by atoms with Gasteiger partial charge in [-0.25, -0.2) is 0 Å². The normalized spacial score (nSPS) is 16.8. The van der Waals surface area contributed by atoms with Crippen molar-refractivity contribution >= 4 is 11.8 Å². The average Bonchev–Trinajstić information content (AvgIpc) is 2.48. The van der Waals surface area contributed by atoms with Crippen molar-refractivity contribution in [3.8, 4) is 0 Å². The monoisotopic (exact) mass is 304 g/mol. The van der Waals surface area contributed by atoms with Gasteiger partial charge in [-0.2, -0.15) is 0 Å². The zero-order valence-corrected chi connectivity index (χ0v) is 13.0. The number of amides is 2. The minimum absolute atomic E-state index is 0.0393. The summed E-state index contributed by atoms with van der Waals surface area (Å²) in [5, 5.41) is 10.3. The van der Waals surface area contributed by atoms with Crippen molar-refractivity contribution in [1.82, 2.24) is 10.9 Å². The largest absolute Gasteiger partial charge is 0.389 e. The highest BCUT2D eigenvalue weighted by Crippen LogP contribution is 2.30. The Kier molecular flexibility index (Phi) is 5.55. The number of hydrazine groups is 1. The number of hydrogen-bond donors (Lipinski definition) is 3. The lowest BCUT2D eigenvalue weighted by Crippen LogP contribution is -2.46. The van der Waals surface area contributed by atoms with E-state index in [1.165, 1.54) is 0 Å². The molecule has 120 valence electrons. The SMILES string of the molecule is Cc1ccccc1CC(=O)NNC(=O)CC1(O)CCCCC1. The van der Waals surface area contributed by atoms with Gasteiger partial charge in [0.1, 0.15) is 0 Å². The molecule has 0 saturated heterocycles. The molecule has 0 atom stereocenters. The van der Waals surface area contributed by atoms with Gasteiger partial charge in [-0.05, 0) is 30.9 Å². The van der Waals surface area contributed by atoms with Crippen LogP contribution >= 0.6 is 0 Å². The zero-order valence-electron chi connectivity index (χ0n) is 13.0. The van der Waals surface area contributed by atoms with Crippen LogP contribution in [-0.2, 0) is 16.0 Å². The number of rotatable bonds is 4. The molecule has 0 aromatic heterocycles. The van der Waals surface area contributed by atoms with Crippen LogP contribution in [0.2, 0.25) is 0 Å². The van der Waals surface area contributed by atoms with E-state index in [0.29, 0.717) is 12.8 Å². The van der Waals surface area contributed by atoms with E-state index in [0.717, 1.165) is 30.4 Å². The molecule has 3 N–H and O–H groups in total. The van der Waals surface area contributed by atoms with Crippen LogP contribution in [0.15, 0.2) is 24.3 Å². The zero-order chi connectivity index (χ0) is 16.0. The predicted molar refractivity (Wildman–Crippen MR) is 83.8 cm³/mol. The molecule has 2 amide bonds. The summed E-state index contributed by atoms with van der Waals surface area (Å²) in [5.74, 6) is -0.610. The van der Waals surface area contributed by atoms with Gasteiger partial charge >= 0.3 is 0 Å². The molecule has 2 rings (SSSR count). The van der Waals surface area contributed by atoms with E-state index in [9.17, 15) is 14.7 Å². The van der Waals surface area contributed by atoms with Crippen LogP contribution in [0.4, 0.5) is 0 Å². The molecule has 1 aromatic rings. The van der Waals surface area contributed by atoms with Crippen molar-refractivity contribution in [3.63, 3.8) is 0 Å². The second-order valence-electron chi connectivity index (χ2n) is 6.16. The highest BCUT2D eigenvalue weighted by atomic mass is 16.3. The predicted octanol–water partition coefficient (Wildman–Crippen LogP) is 1.77. The Bertz CT molecular complexity index is 536. The third kappa shape index (κ3) is 4.84. The maximum Gasteiger partial charge on any atom is 0.242 e. The first-order valence-corrected chi connectivity index (χ1v) is 7.83. The van der Waals surface area contributed by atoms with Crippen LogP contribution in [0, 0.1) is 6.92 Å². The van der Waals surface area contributed by atoms with Gasteiger partial charge in [0.15, 0.2) is 0 Å². The Balaban J connectivity index is 1.76. The fourth-order valence-corrected chi connectivity index (χ4v) is 2.89. The van der Waals surface area contributed by atoms with E-state index >= 15 is 0 Å². The smallest absolute Gasteiger partial charge is 0.242 e. The van der Waals surface area contributed by atoms with E-state index in [1.54, 1.807) is 0 Å². The van der Waals surface area contributed by atoms with Crippen molar-refractivity contribution in [2.75, 3.05) is 0 Å². The molecule has 0 spiro atoms. The fraction of sp³-hybridized carbons (Fsp3) is 0.529. The molecule has 1 saturated carbocycles. The fourth-order valence-electron chi connectivity index (χ4n) is 2.89. The Labute approximate surface area is 131 Å². The number of benzene rings is 1. The maximum absolute atomic E-state index is 11.9. The van der Waals surface area contributed by atoms with Crippen LogP contribution < -0.4 is 10.9 Å². The summed E-state index contributed by atoms with van der Waals surface area (Å²) in [5.41, 5.74) is 5.87. The van der Waals surface area contributed by atoms with Crippen LogP contribution in [0.3, 0.4) is 0 Å². The van der Waals surface area contributed by atoms with Crippen molar-refractivity contribution < 1.29 is 14.7 Å². The third-order valence-electron chi connectivity index (χ3n) is 4.23. The van der Waals surface area contributed by atoms with E-state index in [-0.39, 0.29) is 24.7 Å². The Morgan fingerprint density at radius 1 is 1.09 bits per heavy atom. The topological polar surface area (TPSA) is 78.4 Å². The molecule has 0 bridgehead atoms. The van der Waals surface area contributed by atoms with Crippen molar-refractivity contribution in [1.29, 1.82) is 0 Å². The molecule has 1 aliphatic carbocycles. The van der Waals surface area contributed by atoms with Gasteiger partial charge in [-0.15, -0.1) is 0 Å². The minimum atomic E-state index is -0.914. The molecule has 22 heavy (non-hydrogen) atoms. The highest BCUT2D eigenvalue weighted by molar-refractivity contribution is 5.83. The third-order valence-corrected chi connectivity index (χ3v) is 4.23. The number of aryl methyl sites for hydroxylation is 1. The first-order valence-electron chi connectivity index (χ1n) is 7.83. The molecule has 5 nitrogen and oxygen atoms in total. The van der Waals surface area contributed by atoms with Crippen molar-refractivity contribution in [2.24, 2.45) is 0 Å². The number of aliphatic hydroxyl groups is 1. The van der Waals surface area contributed by atoms with Gasteiger partial charge in [0.05, 0.1) is 18.4 Å². The van der Waals surface area contributed by atoms with Gasteiger partial charge in [-0.1, -0.05) is 43.5 Å². The summed E-state index contributed by atoms with van der Waals surface area (Å²) in [6.07, 6.45) is 4.56. The molecule has 0 unspecified atom stereocenters. The van der Waals surface area contributed by atoms with Crippen molar-refractivity contribution in [3.05, 3.63) is 35.4 Å². The summed E-state index contributed by atoms with van der Waals surface area (Å²) in [7, 11) is 0. The molecule has 1 aliphatic rings. The molecule has 1 fully saturated rings. The standard InChI is InChI=1S/C17H24N2O3/c1-13-7-3-4-8-14(13)11-15(20)18-19-16(21)12-17(22)9-5-2-6-10-17/h3-4,7-8,22H,2,5-6,9-12H2,1H3,(H,18,20)(H,19,21). The van der Waals surface area contributed by atoms with E-state index in [1.807, 2.05) is 31.2 Å². The van der Waals surface area contributed by atoms with Gasteiger partial charge in [0.2, 0.25) is 11.8 Å². The molecular formula is C17H24N2O3. The first kappa shape index (κ1) is 16.5. The quantitative estimate of drug-likeness (QED) is 0.742. The van der Waals surface area contributed by atoms with Crippen molar-refractivity contribution in [2.45, 2.75) is 57.5 Å². The number of carbonyl (C=O) groups excluding carboxylic acids is 2. The number of carbonyl (C=O) groups is 2. The maximum atomic E-state index is 11.9. The Morgan fingerprint density at radius 3 is 2.41 bits per heavy atom. The first-order chi connectivity index (χ1) is 10.5. The summed E-state index contributed by atoms with van der Waals surface area (Å²) < 4.78 is 0. The Morgan fingerprint density at radius 2 is 1.73 bits per heavy atom. The Hall–Kier alpha value is -1.88. The van der Waals surface area contributed by atoms with Gasteiger partial charge < -0.3 is 5.11 Å². The van der Waals surface area contributed by atoms with E-state index in [4.69, 9.17) is 0 Å². The summed E-state index contributed by atoms with van der Waals surface area (Å²) in [6.45, 7) is 1.94. The number of hydrogen-bond acceptors (Lipinski definition) is 3. The highest BCUT2D eigenvalue weighted by Gasteiger charge is 2.31. The van der Waals surface area contributed by atoms with Crippen LogP contribution in [0.25, 0.3) is 0 Å². The molecular weight excluding hydrogens is 280 g/mol. The summed E-state index contributed by atoms with van der Waals surface area (Å²) in [4.78, 5) is 23.7. The second-order valence-corrected chi connectivity index (χ2v) is 6.16. The molecule has 0 radical (unpaired) electrons. The lowest BCUT2D eigenvalue weighted by molar-refractivity contribution is -0.132. The van der Waals surface area contributed by atoms with Crippen LogP contribution in [0.5, 0.6) is 0 Å². The van der Waals surface area contributed by atoms with Crippen LogP contribution in [0.1, 0.15) is 49.7 Å². The summed E-state index contributed by atoms with van der Waals surface area (Å²) in [6, 6.07) is 7.64. The van der Waals surface area contributed by atoms with E-state index < -0.39 is 5.60 Å². The summed E-state index contributed by atoms with van der Waals surface area (Å²) >= 11 is 0. The molecule has 5 heteroatoms. The molecule has 0 aliphatic heterocycles. The molecule has 0 heterocycles. The lowest BCUT2D eigenvalue weighted by atomic mass is 9.82. The van der Waals surface area contributed by atoms with Crippen LogP contribution in [-0.4, -0.2) is 22.5 Å². The minimum Gasteiger partial charge on any atom is -0.389 e.